The lowest BCUT2D eigenvalue weighted by Crippen LogP contribution is -2.32. The van der Waals surface area contributed by atoms with Crippen molar-refractivity contribution in [1.29, 1.82) is 0 Å². The van der Waals surface area contributed by atoms with E-state index >= 15 is 0 Å². The molecule has 0 aromatic heterocycles. The molecule has 0 radical (unpaired) electrons. The van der Waals surface area contributed by atoms with Crippen LogP contribution in [0.1, 0.15) is 67.2 Å². The highest BCUT2D eigenvalue weighted by molar-refractivity contribution is 4.67. The van der Waals surface area contributed by atoms with E-state index in [0.717, 1.165) is 25.7 Å². The van der Waals surface area contributed by atoms with Gasteiger partial charge in [-0.2, -0.15) is 0 Å². The molecular weight excluding hydrogens is 268 g/mol. The molecule has 1 N–H and O–H groups in total. The van der Waals surface area contributed by atoms with Crippen LogP contribution in [-0.4, -0.2) is 48.8 Å². The van der Waals surface area contributed by atoms with Gasteiger partial charge in [-0.3, -0.25) is 0 Å². The normalized spacial score (nSPS) is 16.7. The minimum absolute atomic E-state index is 0.0411. The largest absolute Gasteiger partial charge is 0.391 e. The highest BCUT2D eigenvalue weighted by Gasteiger charge is 2.19. The first-order valence-corrected chi connectivity index (χ1v) is 8.43. The van der Waals surface area contributed by atoms with Gasteiger partial charge in [0, 0.05) is 0 Å². The summed E-state index contributed by atoms with van der Waals surface area (Å²) in [6, 6.07) is 0. The number of hydrogen-bond donors (Lipinski definition) is 1. The molecule has 0 aliphatic carbocycles. The minimum Gasteiger partial charge on any atom is -0.391 e. The predicted octanol–water partition coefficient (Wildman–Crippen LogP) is 3.55. The van der Waals surface area contributed by atoms with Crippen molar-refractivity contribution >= 4 is 0 Å². The number of aliphatic hydroxyl groups is 1. The molecule has 0 aromatic rings. The van der Waals surface area contributed by atoms with E-state index in [2.05, 4.69) is 34.6 Å². The van der Waals surface area contributed by atoms with E-state index in [1.165, 1.54) is 0 Å². The first kappa shape index (κ1) is 20.8. The van der Waals surface area contributed by atoms with Gasteiger partial charge in [-0.15, -0.1) is 0 Å². The Labute approximate surface area is 131 Å². The summed E-state index contributed by atoms with van der Waals surface area (Å²) in [7, 11) is 0. The van der Waals surface area contributed by atoms with Gasteiger partial charge in [-0.1, -0.05) is 27.7 Å². The Bertz CT molecular complexity index is 243. The quantitative estimate of drug-likeness (QED) is 0.565. The third kappa shape index (κ3) is 10.2. The fourth-order valence-corrected chi connectivity index (χ4v) is 1.60. The molecule has 0 aromatic carbocycles. The lowest BCUT2D eigenvalue weighted by molar-refractivity contribution is -0.109. The zero-order valence-corrected chi connectivity index (χ0v) is 14.9. The van der Waals surface area contributed by atoms with Crippen molar-refractivity contribution < 1.29 is 19.3 Å². The Morgan fingerprint density at radius 3 is 1.81 bits per heavy atom. The zero-order chi connectivity index (χ0) is 16.3. The van der Waals surface area contributed by atoms with Gasteiger partial charge in [0.1, 0.15) is 0 Å². The smallest absolute Gasteiger partial charge is 0.0807 e. The van der Waals surface area contributed by atoms with Crippen LogP contribution in [0.25, 0.3) is 0 Å². The summed E-state index contributed by atoms with van der Waals surface area (Å²) in [4.78, 5) is 0. The Balaban J connectivity index is 4.05. The molecule has 21 heavy (non-hydrogen) atoms. The topological polar surface area (TPSA) is 47.9 Å². The van der Waals surface area contributed by atoms with Crippen LogP contribution in [-0.2, 0) is 14.2 Å². The molecule has 0 aliphatic rings. The SMILES string of the molecule is CCC(O)COC(CC)COC(CC)COC(C)(C)CC. The van der Waals surface area contributed by atoms with Crippen molar-refractivity contribution in [3.05, 3.63) is 0 Å². The molecule has 4 nitrogen and oxygen atoms in total. The van der Waals surface area contributed by atoms with Crippen molar-refractivity contribution in [3.63, 3.8) is 0 Å². The molecule has 128 valence electrons. The fourth-order valence-electron chi connectivity index (χ4n) is 1.60. The second-order valence-electron chi connectivity index (χ2n) is 6.21. The van der Waals surface area contributed by atoms with Crippen LogP contribution in [0.15, 0.2) is 0 Å². The Hall–Kier alpha value is -0.160. The zero-order valence-electron chi connectivity index (χ0n) is 14.9. The number of aliphatic hydroxyl groups excluding tert-OH is 1. The summed E-state index contributed by atoms with van der Waals surface area (Å²) >= 11 is 0. The van der Waals surface area contributed by atoms with Crippen LogP contribution in [0.3, 0.4) is 0 Å². The molecule has 0 spiro atoms. The van der Waals surface area contributed by atoms with Crippen molar-refractivity contribution in [2.75, 3.05) is 19.8 Å². The van der Waals surface area contributed by atoms with Gasteiger partial charge in [0.05, 0.1) is 43.7 Å². The van der Waals surface area contributed by atoms with Gasteiger partial charge in [0.2, 0.25) is 0 Å². The van der Waals surface area contributed by atoms with Crippen LogP contribution in [0, 0.1) is 0 Å². The highest BCUT2D eigenvalue weighted by Crippen LogP contribution is 2.15. The molecule has 3 atom stereocenters. The average Bonchev–Trinajstić information content (AvgIpc) is 2.49. The maximum Gasteiger partial charge on any atom is 0.0807 e. The molecular formula is C17H36O4. The molecule has 0 heterocycles. The lowest BCUT2D eigenvalue weighted by atomic mass is 10.1. The van der Waals surface area contributed by atoms with Crippen LogP contribution in [0.4, 0.5) is 0 Å². The minimum atomic E-state index is -0.380. The van der Waals surface area contributed by atoms with Gasteiger partial charge in [-0.05, 0) is 39.5 Å². The highest BCUT2D eigenvalue weighted by atomic mass is 16.6. The maximum atomic E-state index is 9.54. The van der Waals surface area contributed by atoms with E-state index in [0.29, 0.717) is 19.8 Å². The van der Waals surface area contributed by atoms with Gasteiger partial charge in [-0.25, -0.2) is 0 Å². The van der Waals surface area contributed by atoms with Crippen molar-refractivity contribution in [3.8, 4) is 0 Å². The molecule has 4 heteroatoms. The van der Waals surface area contributed by atoms with Crippen molar-refractivity contribution in [2.24, 2.45) is 0 Å². The third-order valence-electron chi connectivity index (χ3n) is 3.94. The molecule has 3 unspecified atom stereocenters. The lowest BCUT2D eigenvalue weighted by Gasteiger charge is -2.27. The van der Waals surface area contributed by atoms with Crippen LogP contribution >= 0.6 is 0 Å². The van der Waals surface area contributed by atoms with Gasteiger partial charge < -0.3 is 19.3 Å². The average molecular weight is 304 g/mol. The number of hydrogen-bond acceptors (Lipinski definition) is 4. The van der Waals surface area contributed by atoms with E-state index in [4.69, 9.17) is 14.2 Å². The Morgan fingerprint density at radius 1 is 0.810 bits per heavy atom. The van der Waals surface area contributed by atoms with Gasteiger partial charge in [0.25, 0.3) is 0 Å². The summed E-state index contributed by atoms with van der Waals surface area (Å²) in [6.07, 6.45) is 3.27. The molecule has 0 amide bonds. The molecule has 0 bridgehead atoms. The summed E-state index contributed by atoms with van der Waals surface area (Å²) in [5, 5.41) is 9.54. The summed E-state index contributed by atoms with van der Waals surface area (Å²) in [5.74, 6) is 0. The first-order valence-electron chi connectivity index (χ1n) is 8.43. The number of rotatable bonds is 13. The van der Waals surface area contributed by atoms with E-state index in [-0.39, 0.29) is 23.9 Å². The second-order valence-corrected chi connectivity index (χ2v) is 6.21. The van der Waals surface area contributed by atoms with Crippen LogP contribution < -0.4 is 0 Å². The van der Waals surface area contributed by atoms with Gasteiger partial charge >= 0.3 is 0 Å². The maximum absolute atomic E-state index is 9.54. The van der Waals surface area contributed by atoms with Crippen molar-refractivity contribution in [1.82, 2.24) is 0 Å². The molecule has 0 saturated heterocycles. The monoisotopic (exact) mass is 304 g/mol. The van der Waals surface area contributed by atoms with E-state index in [9.17, 15) is 5.11 Å². The Morgan fingerprint density at radius 2 is 1.33 bits per heavy atom. The number of ether oxygens (including phenoxy) is 3. The molecule has 0 saturated carbocycles. The van der Waals surface area contributed by atoms with Crippen LogP contribution in [0.5, 0.6) is 0 Å². The second kappa shape index (κ2) is 11.4. The predicted molar refractivity (Wildman–Crippen MR) is 86.7 cm³/mol. The standard InChI is InChI=1S/C17H36O4/c1-7-14(18)11-19-15(8-2)12-20-16(9-3)13-21-17(5,6)10-4/h14-16,18H,7-13H2,1-6H3. The summed E-state index contributed by atoms with van der Waals surface area (Å²) < 4.78 is 17.5. The Kier molecular flexibility index (Phi) is 11.3. The molecule has 0 aliphatic heterocycles. The van der Waals surface area contributed by atoms with Crippen LogP contribution in [0.2, 0.25) is 0 Å². The van der Waals surface area contributed by atoms with Gasteiger partial charge in [0.15, 0.2) is 0 Å². The van der Waals surface area contributed by atoms with Crippen molar-refractivity contribution in [2.45, 2.75) is 91.1 Å². The molecule has 0 rings (SSSR count). The summed E-state index contributed by atoms with van der Waals surface area (Å²) in [6.45, 7) is 14.0. The summed E-state index contributed by atoms with van der Waals surface area (Å²) in [5.41, 5.74) is -0.0946. The fraction of sp³-hybridized carbons (Fsp3) is 1.00. The third-order valence-corrected chi connectivity index (χ3v) is 3.94. The first-order chi connectivity index (χ1) is 9.88. The van der Waals surface area contributed by atoms with E-state index in [1.54, 1.807) is 0 Å². The molecule has 0 fully saturated rings. The van der Waals surface area contributed by atoms with E-state index < -0.39 is 0 Å². The van der Waals surface area contributed by atoms with E-state index in [1.807, 2.05) is 6.92 Å².